The van der Waals surface area contributed by atoms with Gasteiger partial charge < -0.3 is 15.4 Å². The maximum Gasteiger partial charge on any atom is 0.329 e. The van der Waals surface area contributed by atoms with Gasteiger partial charge in [0.1, 0.15) is 6.04 Å². The van der Waals surface area contributed by atoms with Gasteiger partial charge in [0.25, 0.3) is 0 Å². The zero-order valence-corrected chi connectivity index (χ0v) is 10.6. The normalized spacial score (nSPS) is 12.0. The van der Waals surface area contributed by atoms with Gasteiger partial charge in [0.2, 0.25) is 0 Å². The van der Waals surface area contributed by atoms with Gasteiger partial charge in [-0.1, -0.05) is 19.1 Å². The number of methoxy groups -OCH3 is 1. The SMILES string of the molecule is CCc1ccc(N(C)C(CN)C(=O)OC)cc1. The van der Waals surface area contributed by atoms with Gasteiger partial charge in [-0.15, -0.1) is 0 Å². The number of likely N-dealkylation sites (N-methyl/N-ethyl adjacent to an activating group) is 1. The monoisotopic (exact) mass is 236 g/mol. The fraction of sp³-hybridized carbons (Fsp3) is 0.462. The summed E-state index contributed by atoms with van der Waals surface area (Å²) >= 11 is 0. The van der Waals surface area contributed by atoms with Crippen LogP contribution in [0.3, 0.4) is 0 Å². The van der Waals surface area contributed by atoms with Gasteiger partial charge in [0.05, 0.1) is 7.11 Å². The fourth-order valence-corrected chi connectivity index (χ4v) is 1.70. The maximum absolute atomic E-state index is 11.5. The lowest BCUT2D eigenvalue weighted by Gasteiger charge is -2.26. The van der Waals surface area contributed by atoms with Crippen molar-refractivity contribution in [3.8, 4) is 0 Å². The van der Waals surface area contributed by atoms with Crippen LogP contribution in [0, 0.1) is 0 Å². The number of hydrogen-bond donors (Lipinski definition) is 1. The second-order valence-electron chi connectivity index (χ2n) is 3.91. The lowest BCUT2D eigenvalue weighted by atomic mass is 10.1. The molecule has 1 aromatic carbocycles. The van der Waals surface area contributed by atoms with Crippen molar-refractivity contribution in [2.45, 2.75) is 19.4 Å². The third-order valence-electron chi connectivity index (χ3n) is 2.92. The zero-order valence-electron chi connectivity index (χ0n) is 10.6. The van der Waals surface area contributed by atoms with Crippen LogP contribution in [0.5, 0.6) is 0 Å². The molecule has 4 nitrogen and oxygen atoms in total. The highest BCUT2D eigenvalue weighted by molar-refractivity contribution is 5.80. The van der Waals surface area contributed by atoms with Crippen LogP contribution < -0.4 is 10.6 Å². The number of benzene rings is 1. The molecule has 0 fully saturated rings. The summed E-state index contributed by atoms with van der Waals surface area (Å²) in [6.45, 7) is 2.34. The molecule has 0 saturated carbocycles. The van der Waals surface area contributed by atoms with Crippen molar-refractivity contribution in [1.29, 1.82) is 0 Å². The molecule has 1 atom stereocenters. The Morgan fingerprint density at radius 2 is 2.00 bits per heavy atom. The molecule has 0 aliphatic rings. The van der Waals surface area contributed by atoms with Crippen LogP contribution >= 0.6 is 0 Å². The van der Waals surface area contributed by atoms with E-state index >= 15 is 0 Å². The Labute approximate surface area is 102 Å². The number of anilines is 1. The van der Waals surface area contributed by atoms with E-state index in [0.29, 0.717) is 0 Å². The summed E-state index contributed by atoms with van der Waals surface area (Å²) < 4.78 is 4.73. The fourth-order valence-electron chi connectivity index (χ4n) is 1.70. The molecule has 2 N–H and O–H groups in total. The molecule has 17 heavy (non-hydrogen) atoms. The number of carbonyl (C=O) groups is 1. The van der Waals surface area contributed by atoms with E-state index in [2.05, 4.69) is 19.1 Å². The average molecular weight is 236 g/mol. The van der Waals surface area contributed by atoms with E-state index in [1.54, 1.807) is 0 Å². The lowest BCUT2D eigenvalue weighted by Crippen LogP contribution is -2.44. The quantitative estimate of drug-likeness (QED) is 0.780. The van der Waals surface area contributed by atoms with Crippen LogP contribution in [0.1, 0.15) is 12.5 Å². The van der Waals surface area contributed by atoms with Crippen molar-refractivity contribution in [3.05, 3.63) is 29.8 Å². The van der Waals surface area contributed by atoms with E-state index in [1.165, 1.54) is 12.7 Å². The molecule has 1 aromatic rings. The minimum Gasteiger partial charge on any atom is -0.467 e. The van der Waals surface area contributed by atoms with Gasteiger partial charge in [-0.2, -0.15) is 0 Å². The third-order valence-corrected chi connectivity index (χ3v) is 2.92. The van der Waals surface area contributed by atoms with Crippen LogP contribution in [0.4, 0.5) is 5.69 Å². The summed E-state index contributed by atoms with van der Waals surface area (Å²) in [6, 6.07) is 7.65. The van der Waals surface area contributed by atoms with Crippen LogP contribution in [0.25, 0.3) is 0 Å². The summed E-state index contributed by atoms with van der Waals surface area (Å²) in [5.41, 5.74) is 7.83. The molecular formula is C13H20N2O2. The van der Waals surface area contributed by atoms with Crippen molar-refractivity contribution in [1.82, 2.24) is 0 Å². The van der Waals surface area contributed by atoms with Crippen LogP contribution in [0.2, 0.25) is 0 Å². The Kier molecular flexibility index (Phi) is 4.97. The molecule has 0 amide bonds. The summed E-state index contributed by atoms with van der Waals surface area (Å²) in [6.07, 6.45) is 1.00. The van der Waals surface area contributed by atoms with Crippen LogP contribution in [-0.2, 0) is 16.0 Å². The highest BCUT2D eigenvalue weighted by Crippen LogP contribution is 2.16. The molecule has 0 spiro atoms. The highest BCUT2D eigenvalue weighted by atomic mass is 16.5. The van der Waals surface area contributed by atoms with Crippen molar-refractivity contribution in [2.24, 2.45) is 5.73 Å². The predicted octanol–water partition coefficient (Wildman–Crippen LogP) is 1.19. The number of aryl methyl sites for hydroxylation is 1. The number of carbonyl (C=O) groups excluding carboxylic acids is 1. The third kappa shape index (κ3) is 3.20. The summed E-state index contributed by atoms with van der Waals surface area (Å²) in [7, 11) is 3.22. The van der Waals surface area contributed by atoms with E-state index in [0.717, 1.165) is 12.1 Å². The van der Waals surface area contributed by atoms with E-state index < -0.39 is 6.04 Å². The molecule has 94 valence electrons. The van der Waals surface area contributed by atoms with Crippen LogP contribution in [-0.4, -0.2) is 32.7 Å². The molecule has 0 radical (unpaired) electrons. The van der Waals surface area contributed by atoms with Crippen molar-refractivity contribution >= 4 is 11.7 Å². The van der Waals surface area contributed by atoms with Gasteiger partial charge in [-0.25, -0.2) is 4.79 Å². The van der Waals surface area contributed by atoms with Gasteiger partial charge >= 0.3 is 5.97 Å². The number of hydrogen-bond acceptors (Lipinski definition) is 4. The Balaban J connectivity index is 2.85. The number of esters is 1. The van der Waals surface area contributed by atoms with E-state index in [-0.39, 0.29) is 12.5 Å². The molecule has 0 aromatic heterocycles. The Hall–Kier alpha value is -1.55. The molecule has 1 rings (SSSR count). The first kappa shape index (κ1) is 13.5. The molecular weight excluding hydrogens is 216 g/mol. The number of rotatable bonds is 5. The highest BCUT2D eigenvalue weighted by Gasteiger charge is 2.22. The topological polar surface area (TPSA) is 55.6 Å². The molecule has 0 saturated heterocycles. The van der Waals surface area contributed by atoms with Crippen molar-refractivity contribution < 1.29 is 9.53 Å². The minimum absolute atomic E-state index is 0.235. The smallest absolute Gasteiger partial charge is 0.329 e. The summed E-state index contributed by atoms with van der Waals surface area (Å²) in [5.74, 6) is -0.311. The van der Waals surface area contributed by atoms with Gasteiger partial charge in [0.15, 0.2) is 0 Å². The molecule has 1 unspecified atom stereocenters. The summed E-state index contributed by atoms with van der Waals surface area (Å²) in [5, 5.41) is 0. The molecule has 0 bridgehead atoms. The second kappa shape index (κ2) is 6.25. The first-order valence-electron chi connectivity index (χ1n) is 5.73. The van der Waals surface area contributed by atoms with Gasteiger partial charge in [-0.05, 0) is 24.1 Å². The number of nitrogens with two attached hydrogens (primary N) is 1. The Morgan fingerprint density at radius 3 is 2.41 bits per heavy atom. The first-order chi connectivity index (χ1) is 8.13. The average Bonchev–Trinajstić information content (AvgIpc) is 2.39. The van der Waals surface area contributed by atoms with Gasteiger partial charge in [-0.3, -0.25) is 0 Å². The van der Waals surface area contributed by atoms with Crippen LogP contribution in [0.15, 0.2) is 24.3 Å². The Bertz CT molecular complexity index is 362. The van der Waals surface area contributed by atoms with Crippen molar-refractivity contribution in [2.75, 3.05) is 25.6 Å². The zero-order chi connectivity index (χ0) is 12.8. The second-order valence-corrected chi connectivity index (χ2v) is 3.91. The predicted molar refractivity (Wildman–Crippen MR) is 69.1 cm³/mol. The number of ether oxygens (including phenoxy) is 1. The van der Waals surface area contributed by atoms with E-state index in [9.17, 15) is 4.79 Å². The van der Waals surface area contributed by atoms with Crippen molar-refractivity contribution in [3.63, 3.8) is 0 Å². The maximum atomic E-state index is 11.5. The summed E-state index contributed by atoms with van der Waals surface area (Å²) in [4.78, 5) is 13.4. The first-order valence-corrected chi connectivity index (χ1v) is 5.73. The van der Waals surface area contributed by atoms with E-state index in [1.807, 2.05) is 24.1 Å². The molecule has 0 heterocycles. The van der Waals surface area contributed by atoms with Gasteiger partial charge in [0, 0.05) is 19.3 Å². The Morgan fingerprint density at radius 1 is 1.41 bits per heavy atom. The lowest BCUT2D eigenvalue weighted by molar-refractivity contribution is -0.141. The number of nitrogens with zero attached hydrogens (tertiary/aromatic N) is 1. The molecule has 0 aliphatic carbocycles. The minimum atomic E-state index is -0.438. The molecule has 4 heteroatoms. The standard InChI is InChI=1S/C13H20N2O2/c1-4-10-5-7-11(8-6-10)15(2)12(9-14)13(16)17-3/h5-8,12H,4,9,14H2,1-3H3. The van der Waals surface area contributed by atoms with E-state index in [4.69, 9.17) is 10.5 Å². The molecule has 0 aliphatic heterocycles. The largest absolute Gasteiger partial charge is 0.467 e.